The lowest BCUT2D eigenvalue weighted by molar-refractivity contribution is -0.133. The molecule has 0 spiro atoms. The molecule has 1 atom stereocenters. The Hall–Kier alpha value is -3.41. The van der Waals surface area contributed by atoms with Crippen molar-refractivity contribution in [2.45, 2.75) is 40.3 Å². The van der Waals surface area contributed by atoms with Gasteiger partial charge in [-0.15, -0.1) is 0 Å². The van der Waals surface area contributed by atoms with Crippen molar-refractivity contribution < 1.29 is 9.59 Å². The number of nitrogens with one attached hydrogen (secondary N) is 1. The number of rotatable bonds is 7. The number of aromatic nitrogens is 2. The standard InChI is InChI=1S/C25H30N4O2/c1-17(2)23(26-24(30)20-12-8-6-9-13-20)25(31)28(5)16-22-18(3)27-29(19(22)4)21-14-10-7-11-15-21/h6-15,17,23H,16H2,1-5H3,(H,26,30). The first-order valence-electron chi connectivity index (χ1n) is 10.5. The SMILES string of the molecule is Cc1nn(-c2ccccc2)c(C)c1CN(C)C(=O)C(NC(=O)c1ccccc1)C(C)C. The largest absolute Gasteiger partial charge is 0.340 e. The van der Waals surface area contributed by atoms with Gasteiger partial charge in [-0.2, -0.15) is 5.10 Å². The fourth-order valence-corrected chi connectivity index (χ4v) is 3.60. The van der Waals surface area contributed by atoms with Crippen molar-refractivity contribution in [3.8, 4) is 5.69 Å². The lowest BCUT2D eigenvalue weighted by Gasteiger charge is -2.27. The van der Waals surface area contributed by atoms with Crippen molar-refractivity contribution in [2.24, 2.45) is 5.92 Å². The van der Waals surface area contributed by atoms with Gasteiger partial charge in [-0.25, -0.2) is 4.68 Å². The maximum Gasteiger partial charge on any atom is 0.251 e. The number of amides is 2. The highest BCUT2D eigenvalue weighted by molar-refractivity contribution is 5.97. The molecule has 0 aliphatic carbocycles. The summed E-state index contributed by atoms with van der Waals surface area (Å²) in [5.74, 6) is -0.410. The molecule has 1 aromatic heterocycles. The molecule has 162 valence electrons. The molecule has 31 heavy (non-hydrogen) atoms. The molecular weight excluding hydrogens is 388 g/mol. The lowest BCUT2D eigenvalue weighted by Crippen LogP contribution is -2.50. The van der Waals surface area contributed by atoms with Crippen LogP contribution in [0.25, 0.3) is 5.69 Å². The maximum atomic E-state index is 13.2. The molecule has 1 unspecified atom stereocenters. The van der Waals surface area contributed by atoms with Crippen LogP contribution >= 0.6 is 0 Å². The Morgan fingerprint density at radius 1 is 1.00 bits per heavy atom. The van der Waals surface area contributed by atoms with Crippen LogP contribution in [0.1, 0.15) is 41.2 Å². The van der Waals surface area contributed by atoms with E-state index in [1.165, 1.54) is 0 Å². The van der Waals surface area contributed by atoms with Gasteiger partial charge in [0.05, 0.1) is 11.4 Å². The predicted octanol–water partition coefficient (Wildman–Crippen LogP) is 3.90. The zero-order valence-corrected chi connectivity index (χ0v) is 18.8. The number of hydrogen-bond acceptors (Lipinski definition) is 3. The normalized spacial score (nSPS) is 11.9. The molecule has 1 heterocycles. The van der Waals surface area contributed by atoms with Crippen LogP contribution in [0, 0.1) is 19.8 Å². The van der Waals surface area contributed by atoms with Gasteiger partial charge in [-0.3, -0.25) is 9.59 Å². The predicted molar refractivity (Wildman–Crippen MR) is 122 cm³/mol. The second-order valence-corrected chi connectivity index (χ2v) is 8.15. The Labute approximate surface area is 183 Å². The number of carbonyl (C=O) groups excluding carboxylic acids is 2. The first kappa shape index (κ1) is 22.3. The van der Waals surface area contributed by atoms with E-state index in [2.05, 4.69) is 10.4 Å². The zero-order chi connectivity index (χ0) is 22.5. The summed E-state index contributed by atoms with van der Waals surface area (Å²) in [6, 6.07) is 18.3. The van der Waals surface area contributed by atoms with Crippen LogP contribution in [0.15, 0.2) is 60.7 Å². The van der Waals surface area contributed by atoms with Crippen LogP contribution in [0.2, 0.25) is 0 Å². The highest BCUT2D eigenvalue weighted by Gasteiger charge is 2.28. The molecule has 6 heteroatoms. The van der Waals surface area contributed by atoms with E-state index in [0.29, 0.717) is 12.1 Å². The number of benzene rings is 2. The summed E-state index contributed by atoms with van der Waals surface area (Å²) in [5, 5.41) is 7.58. The summed E-state index contributed by atoms with van der Waals surface area (Å²) in [6.45, 7) is 8.26. The van der Waals surface area contributed by atoms with Gasteiger partial charge in [0.25, 0.3) is 5.91 Å². The van der Waals surface area contributed by atoms with Crippen LogP contribution in [-0.4, -0.2) is 39.6 Å². The van der Waals surface area contributed by atoms with Gasteiger partial charge in [0, 0.05) is 30.4 Å². The van der Waals surface area contributed by atoms with E-state index in [4.69, 9.17) is 0 Å². The molecule has 6 nitrogen and oxygen atoms in total. The van der Waals surface area contributed by atoms with Gasteiger partial charge >= 0.3 is 0 Å². The third-order valence-electron chi connectivity index (χ3n) is 5.47. The summed E-state index contributed by atoms with van der Waals surface area (Å²) in [7, 11) is 1.77. The first-order chi connectivity index (χ1) is 14.8. The Morgan fingerprint density at radius 2 is 1.58 bits per heavy atom. The van der Waals surface area contributed by atoms with Crippen molar-refractivity contribution in [3.63, 3.8) is 0 Å². The molecule has 2 amide bonds. The number of likely N-dealkylation sites (N-methyl/N-ethyl adjacent to an activating group) is 1. The van der Waals surface area contributed by atoms with E-state index in [1.54, 1.807) is 24.1 Å². The monoisotopic (exact) mass is 418 g/mol. The molecule has 0 aliphatic rings. The quantitative estimate of drug-likeness (QED) is 0.633. The number of para-hydroxylation sites is 1. The lowest BCUT2D eigenvalue weighted by atomic mass is 10.0. The fraction of sp³-hybridized carbons (Fsp3) is 0.320. The summed E-state index contributed by atoms with van der Waals surface area (Å²) < 4.78 is 1.90. The highest BCUT2D eigenvalue weighted by Crippen LogP contribution is 2.20. The van der Waals surface area contributed by atoms with Crippen LogP contribution in [0.5, 0.6) is 0 Å². The van der Waals surface area contributed by atoms with Crippen LogP contribution in [0.3, 0.4) is 0 Å². The van der Waals surface area contributed by atoms with Crippen LogP contribution in [-0.2, 0) is 11.3 Å². The van der Waals surface area contributed by atoms with E-state index in [-0.39, 0.29) is 17.7 Å². The Morgan fingerprint density at radius 3 is 2.16 bits per heavy atom. The number of hydrogen-bond donors (Lipinski definition) is 1. The second-order valence-electron chi connectivity index (χ2n) is 8.15. The smallest absolute Gasteiger partial charge is 0.251 e. The summed E-state index contributed by atoms with van der Waals surface area (Å²) in [5.41, 5.74) is 4.42. The van der Waals surface area contributed by atoms with Crippen molar-refractivity contribution in [1.29, 1.82) is 0 Å². The zero-order valence-electron chi connectivity index (χ0n) is 18.8. The van der Waals surface area contributed by atoms with Gasteiger partial charge in [-0.1, -0.05) is 50.2 Å². The second kappa shape index (κ2) is 9.60. The molecular formula is C25H30N4O2. The number of nitrogens with zero attached hydrogens (tertiary/aromatic N) is 3. The van der Waals surface area contributed by atoms with E-state index >= 15 is 0 Å². The van der Waals surface area contributed by atoms with Crippen LogP contribution < -0.4 is 5.32 Å². The van der Waals surface area contributed by atoms with Gasteiger partial charge in [0.2, 0.25) is 5.91 Å². The average molecular weight is 419 g/mol. The molecule has 3 aromatic rings. The third-order valence-corrected chi connectivity index (χ3v) is 5.47. The van der Waals surface area contributed by atoms with Crippen molar-refractivity contribution in [3.05, 3.63) is 83.2 Å². The van der Waals surface area contributed by atoms with Crippen molar-refractivity contribution in [2.75, 3.05) is 7.05 Å². The molecule has 0 radical (unpaired) electrons. The first-order valence-corrected chi connectivity index (χ1v) is 10.5. The summed E-state index contributed by atoms with van der Waals surface area (Å²) in [6.07, 6.45) is 0. The molecule has 0 bridgehead atoms. The van der Waals surface area contributed by atoms with Crippen LogP contribution in [0.4, 0.5) is 0 Å². The maximum absolute atomic E-state index is 13.2. The minimum Gasteiger partial charge on any atom is -0.340 e. The van der Waals surface area contributed by atoms with Crippen molar-refractivity contribution in [1.82, 2.24) is 20.0 Å². The van der Waals surface area contributed by atoms with Gasteiger partial charge in [0.15, 0.2) is 0 Å². The Balaban J connectivity index is 1.77. The average Bonchev–Trinajstić information content (AvgIpc) is 3.06. The van der Waals surface area contributed by atoms with E-state index < -0.39 is 6.04 Å². The highest BCUT2D eigenvalue weighted by atomic mass is 16.2. The number of carbonyl (C=O) groups is 2. The Bertz CT molecular complexity index is 1040. The minimum absolute atomic E-state index is 0.0446. The molecule has 2 aromatic carbocycles. The van der Waals surface area contributed by atoms with E-state index in [9.17, 15) is 9.59 Å². The molecule has 0 saturated heterocycles. The molecule has 3 rings (SSSR count). The van der Waals surface area contributed by atoms with Crippen molar-refractivity contribution >= 4 is 11.8 Å². The summed E-state index contributed by atoms with van der Waals surface area (Å²) in [4.78, 5) is 27.5. The molecule has 0 saturated carbocycles. The third kappa shape index (κ3) is 5.02. The van der Waals surface area contributed by atoms with Gasteiger partial charge in [-0.05, 0) is 44.0 Å². The Kier molecular flexibility index (Phi) is 6.90. The van der Waals surface area contributed by atoms with E-state index in [0.717, 1.165) is 22.6 Å². The van der Waals surface area contributed by atoms with E-state index in [1.807, 2.05) is 80.9 Å². The minimum atomic E-state index is -0.609. The van der Waals surface area contributed by atoms with Gasteiger partial charge < -0.3 is 10.2 Å². The fourth-order valence-electron chi connectivity index (χ4n) is 3.60. The van der Waals surface area contributed by atoms with Gasteiger partial charge in [0.1, 0.15) is 6.04 Å². The molecule has 0 aliphatic heterocycles. The molecule has 0 fully saturated rings. The number of aryl methyl sites for hydroxylation is 1. The topological polar surface area (TPSA) is 67.2 Å². The molecule has 1 N–H and O–H groups in total. The summed E-state index contributed by atoms with van der Waals surface area (Å²) >= 11 is 0.